The molecule has 0 saturated carbocycles. The summed E-state index contributed by atoms with van der Waals surface area (Å²) in [5.41, 5.74) is 9.59. The van der Waals surface area contributed by atoms with Gasteiger partial charge in [0.15, 0.2) is 11.5 Å². The Labute approximate surface area is 181 Å². The molecule has 0 N–H and O–H groups in total. The second kappa shape index (κ2) is 6.14. The second-order valence-electron chi connectivity index (χ2n) is 8.59. The SMILES string of the molecule is CC1=C(c2ccccc2)C2(c3ccccc3)[N-][n+]3c(ccc4ccccc43)C2(C)C1=O. The molecule has 0 amide bonds. The molecule has 2 aliphatic rings. The molecule has 0 spiro atoms. The van der Waals surface area contributed by atoms with Gasteiger partial charge in [0.2, 0.25) is 5.52 Å². The Bertz CT molecular complexity index is 1390. The number of pyridine rings is 1. The van der Waals surface area contributed by atoms with E-state index in [0.717, 1.165) is 38.9 Å². The summed E-state index contributed by atoms with van der Waals surface area (Å²) in [6, 6.07) is 32.9. The molecular formula is C28H22N2O. The third kappa shape index (κ3) is 2.08. The van der Waals surface area contributed by atoms with Crippen LogP contribution in [0.3, 0.4) is 0 Å². The number of ketones is 1. The Morgan fingerprint density at radius 1 is 0.774 bits per heavy atom. The number of allylic oxidation sites excluding steroid dienone is 1. The summed E-state index contributed by atoms with van der Waals surface area (Å²) < 4.78 is 2.01. The lowest BCUT2D eigenvalue weighted by Gasteiger charge is -2.44. The standard InChI is InChI=1S/C28H22N2O/c1-19-25(21-12-5-3-6-13-21)28(22-14-7-4-8-15-22)27(2,26(19)31)24-18-17-20-11-9-10-16-23(20)30(24)29-28/h3-18H,1-2H3. The van der Waals surface area contributed by atoms with E-state index < -0.39 is 11.0 Å². The fraction of sp³-hybridized carbons (Fsp3) is 0.143. The van der Waals surface area contributed by atoms with Crippen molar-refractivity contribution in [3.05, 3.63) is 125 Å². The maximum absolute atomic E-state index is 14.0. The molecule has 4 aromatic rings. The van der Waals surface area contributed by atoms with Crippen molar-refractivity contribution in [2.24, 2.45) is 0 Å². The van der Waals surface area contributed by atoms with Gasteiger partial charge in [0, 0.05) is 23.1 Å². The number of hydrogen-bond acceptors (Lipinski definition) is 1. The highest BCUT2D eigenvalue weighted by Gasteiger charge is 2.65. The Hall–Kier alpha value is -3.72. The normalized spacial score (nSPS) is 24.3. The van der Waals surface area contributed by atoms with Crippen LogP contribution < -0.4 is 4.68 Å². The number of para-hydroxylation sites is 1. The van der Waals surface area contributed by atoms with Crippen LogP contribution in [-0.2, 0) is 15.7 Å². The Morgan fingerprint density at radius 3 is 2.16 bits per heavy atom. The largest absolute Gasteiger partial charge is 0.417 e. The average molecular weight is 402 g/mol. The van der Waals surface area contributed by atoms with Crippen LogP contribution in [0.5, 0.6) is 0 Å². The van der Waals surface area contributed by atoms with Crippen LogP contribution in [0.15, 0.2) is 103 Å². The summed E-state index contributed by atoms with van der Waals surface area (Å²) in [6.07, 6.45) is 0. The Kier molecular flexibility index (Phi) is 3.58. The van der Waals surface area contributed by atoms with E-state index in [2.05, 4.69) is 55.5 Å². The van der Waals surface area contributed by atoms with Crippen molar-refractivity contribution in [3.8, 4) is 0 Å². The molecule has 0 saturated heterocycles. The quantitative estimate of drug-likeness (QED) is 0.409. The third-order valence-electron chi connectivity index (χ3n) is 7.09. The van der Waals surface area contributed by atoms with Crippen LogP contribution in [0, 0.1) is 0 Å². The minimum Gasteiger partial charge on any atom is -0.417 e. The molecule has 2 unspecified atom stereocenters. The zero-order chi connectivity index (χ0) is 21.2. The molecule has 2 heterocycles. The highest BCUT2D eigenvalue weighted by molar-refractivity contribution is 6.18. The van der Waals surface area contributed by atoms with Gasteiger partial charge in [-0.05, 0) is 48.3 Å². The molecule has 31 heavy (non-hydrogen) atoms. The number of benzene rings is 3. The predicted molar refractivity (Wildman–Crippen MR) is 122 cm³/mol. The second-order valence-corrected chi connectivity index (χ2v) is 8.59. The molecule has 3 nitrogen and oxygen atoms in total. The maximum Gasteiger partial charge on any atom is 0.208 e. The monoisotopic (exact) mass is 402 g/mol. The van der Waals surface area contributed by atoms with Gasteiger partial charge in [0.05, 0.1) is 0 Å². The van der Waals surface area contributed by atoms with Gasteiger partial charge in [-0.3, -0.25) is 4.79 Å². The first-order valence-electron chi connectivity index (χ1n) is 10.6. The maximum atomic E-state index is 14.0. The van der Waals surface area contributed by atoms with E-state index in [1.54, 1.807) is 0 Å². The van der Waals surface area contributed by atoms with Crippen molar-refractivity contribution in [2.45, 2.75) is 24.8 Å². The van der Waals surface area contributed by atoms with E-state index in [0.29, 0.717) is 0 Å². The highest BCUT2D eigenvalue weighted by Crippen LogP contribution is 2.63. The summed E-state index contributed by atoms with van der Waals surface area (Å²) in [4.78, 5) is 14.0. The fourth-order valence-corrected chi connectivity index (χ4v) is 5.65. The molecular weight excluding hydrogens is 380 g/mol. The molecule has 0 fully saturated rings. The Morgan fingerprint density at radius 2 is 1.42 bits per heavy atom. The number of carbonyl (C=O) groups is 1. The zero-order valence-corrected chi connectivity index (χ0v) is 17.5. The van der Waals surface area contributed by atoms with Crippen molar-refractivity contribution in [1.82, 2.24) is 0 Å². The smallest absolute Gasteiger partial charge is 0.208 e. The van der Waals surface area contributed by atoms with Gasteiger partial charge < -0.3 is 5.43 Å². The van der Waals surface area contributed by atoms with Crippen LogP contribution in [0.2, 0.25) is 0 Å². The molecule has 0 radical (unpaired) electrons. The molecule has 150 valence electrons. The lowest BCUT2D eigenvalue weighted by Crippen LogP contribution is -2.44. The van der Waals surface area contributed by atoms with E-state index in [4.69, 9.17) is 5.43 Å². The van der Waals surface area contributed by atoms with Gasteiger partial charge in [-0.25, -0.2) is 4.68 Å². The number of Topliss-reactive ketones (excluding diaryl/α,β-unsaturated/α-hetero) is 1. The summed E-state index contributed by atoms with van der Waals surface area (Å²) >= 11 is 0. The van der Waals surface area contributed by atoms with Gasteiger partial charge in [-0.2, -0.15) is 0 Å². The van der Waals surface area contributed by atoms with Gasteiger partial charge in [-0.1, -0.05) is 72.8 Å². The summed E-state index contributed by atoms with van der Waals surface area (Å²) in [5.74, 6) is 0.139. The van der Waals surface area contributed by atoms with Crippen molar-refractivity contribution >= 4 is 22.3 Å². The van der Waals surface area contributed by atoms with E-state index >= 15 is 0 Å². The fourth-order valence-electron chi connectivity index (χ4n) is 5.65. The number of nitrogens with zero attached hydrogens (tertiary/aromatic N) is 2. The number of fused-ring (bicyclic) bond motifs is 5. The number of hydrogen-bond donors (Lipinski definition) is 0. The molecule has 1 aliphatic heterocycles. The minimum absolute atomic E-state index is 0.139. The summed E-state index contributed by atoms with van der Waals surface area (Å²) in [6.45, 7) is 4.03. The number of aromatic nitrogens is 1. The van der Waals surface area contributed by atoms with E-state index in [-0.39, 0.29) is 5.78 Å². The molecule has 6 rings (SSSR count). The first kappa shape index (κ1) is 18.1. The van der Waals surface area contributed by atoms with E-state index in [9.17, 15) is 4.79 Å². The first-order valence-corrected chi connectivity index (χ1v) is 10.6. The molecule has 3 aromatic carbocycles. The molecule has 3 heteroatoms. The van der Waals surface area contributed by atoms with Crippen molar-refractivity contribution in [2.75, 3.05) is 0 Å². The van der Waals surface area contributed by atoms with Crippen LogP contribution >= 0.6 is 0 Å². The van der Waals surface area contributed by atoms with Gasteiger partial charge in [0.25, 0.3) is 0 Å². The van der Waals surface area contributed by atoms with Gasteiger partial charge in [0.1, 0.15) is 5.41 Å². The average Bonchev–Trinajstić information content (AvgIpc) is 3.19. The molecule has 1 aromatic heterocycles. The van der Waals surface area contributed by atoms with Crippen LogP contribution in [0.4, 0.5) is 0 Å². The van der Waals surface area contributed by atoms with Crippen molar-refractivity contribution < 1.29 is 9.47 Å². The minimum atomic E-state index is -0.826. The van der Waals surface area contributed by atoms with E-state index in [1.165, 1.54) is 0 Å². The van der Waals surface area contributed by atoms with Gasteiger partial charge >= 0.3 is 0 Å². The van der Waals surface area contributed by atoms with Crippen LogP contribution in [0.25, 0.3) is 21.9 Å². The predicted octanol–water partition coefficient (Wildman–Crippen LogP) is 5.49. The molecule has 2 atom stereocenters. The first-order chi connectivity index (χ1) is 15.1. The summed E-state index contributed by atoms with van der Waals surface area (Å²) in [5, 5.41) is 1.11. The van der Waals surface area contributed by atoms with Crippen molar-refractivity contribution in [1.29, 1.82) is 0 Å². The number of carbonyl (C=O) groups excluding carboxylic acids is 1. The third-order valence-corrected chi connectivity index (χ3v) is 7.09. The van der Waals surface area contributed by atoms with Crippen molar-refractivity contribution in [3.63, 3.8) is 0 Å². The van der Waals surface area contributed by atoms with E-state index in [1.807, 2.05) is 60.1 Å². The molecule has 0 bridgehead atoms. The number of rotatable bonds is 2. The zero-order valence-electron chi connectivity index (χ0n) is 17.5. The van der Waals surface area contributed by atoms with Crippen LogP contribution in [0.1, 0.15) is 30.7 Å². The Balaban J connectivity index is 1.75. The van der Waals surface area contributed by atoms with Crippen LogP contribution in [-0.4, -0.2) is 5.78 Å². The lowest BCUT2D eigenvalue weighted by atomic mass is 9.64. The summed E-state index contributed by atoms with van der Waals surface area (Å²) in [7, 11) is 0. The topological polar surface area (TPSA) is 35.0 Å². The van der Waals surface area contributed by atoms with Gasteiger partial charge in [-0.15, -0.1) is 0 Å². The molecule has 1 aliphatic carbocycles. The lowest BCUT2D eigenvalue weighted by molar-refractivity contribution is -0.598. The highest BCUT2D eigenvalue weighted by atomic mass is 16.1.